The number of hydrogen-bond donors (Lipinski definition) is 1. The first-order valence-corrected chi connectivity index (χ1v) is 8.95. The lowest BCUT2D eigenvalue weighted by Gasteiger charge is -2.10. The molecule has 3 rings (SSSR count). The number of thioether (sulfide) groups is 1. The maximum absolute atomic E-state index is 12.5. The lowest BCUT2D eigenvalue weighted by molar-refractivity contribution is 0.102. The summed E-state index contributed by atoms with van der Waals surface area (Å²) in [6.07, 6.45) is 0. The zero-order chi connectivity index (χ0) is 16.8. The molecule has 3 aromatic carbocycles. The van der Waals surface area contributed by atoms with E-state index in [9.17, 15) is 4.79 Å². The second-order valence-corrected chi connectivity index (χ2v) is 6.63. The third-order valence-electron chi connectivity index (χ3n) is 3.68. The number of carbonyl (C=O) groups excluding carboxylic acids is 1. The summed E-state index contributed by atoms with van der Waals surface area (Å²) in [6.45, 7) is 2.08. The van der Waals surface area contributed by atoms with Crippen LogP contribution in [0.25, 0.3) is 11.1 Å². The van der Waals surface area contributed by atoms with Gasteiger partial charge >= 0.3 is 0 Å². The molecule has 120 valence electrons. The molecule has 0 saturated heterocycles. The monoisotopic (exact) mass is 333 g/mol. The van der Waals surface area contributed by atoms with Gasteiger partial charge in [0.1, 0.15) is 0 Å². The Balaban J connectivity index is 1.76. The highest BCUT2D eigenvalue weighted by molar-refractivity contribution is 7.99. The molecule has 0 bridgehead atoms. The third kappa shape index (κ3) is 3.87. The lowest BCUT2D eigenvalue weighted by Crippen LogP contribution is -2.12. The zero-order valence-electron chi connectivity index (χ0n) is 13.5. The van der Waals surface area contributed by atoms with Crippen molar-refractivity contribution < 1.29 is 4.79 Å². The van der Waals surface area contributed by atoms with E-state index < -0.39 is 0 Å². The number of carbonyl (C=O) groups is 1. The number of amides is 1. The van der Waals surface area contributed by atoms with Gasteiger partial charge in [0, 0.05) is 10.6 Å². The summed E-state index contributed by atoms with van der Waals surface area (Å²) in [5.74, 6) is 0.870. The quantitative estimate of drug-likeness (QED) is 0.605. The van der Waals surface area contributed by atoms with Crippen LogP contribution in [0.4, 0.5) is 5.69 Å². The van der Waals surface area contributed by atoms with E-state index >= 15 is 0 Å². The van der Waals surface area contributed by atoms with E-state index in [0.29, 0.717) is 0 Å². The summed E-state index contributed by atoms with van der Waals surface area (Å²) in [5, 5.41) is 2.98. The fourth-order valence-electron chi connectivity index (χ4n) is 2.51. The summed E-state index contributed by atoms with van der Waals surface area (Å²) in [7, 11) is 0. The topological polar surface area (TPSA) is 29.1 Å². The lowest BCUT2D eigenvalue weighted by atomic mass is 10.1. The van der Waals surface area contributed by atoms with Gasteiger partial charge in [0.25, 0.3) is 5.91 Å². The standard InChI is InChI=1S/C21H19NOS/c1-2-24-20-11-7-6-10-19(20)21(23)22-18-14-12-17(13-15-18)16-8-4-3-5-9-16/h3-15H,2H2,1H3,(H,22,23). The SMILES string of the molecule is CCSc1ccccc1C(=O)Nc1ccc(-c2ccccc2)cc1. The molecule has 0 aliphatic rings. The van der Waals surface area contributed by atoms with Crippen molar-refractivity contribution in [1.29, 1.82) is 0 Å². The molecule has 0 aliphatic carbocycles. The van der Waals surface area contributed by atoms with Crippen molar-refractivity contribution in [2.45, 2.75) is 11.8 Å². The van der Waals surface area contributed by atoms with Crippen LogP contribution in [0.1, 0.15) is 17.3 Å². The van der Waals surface area contributed by atoms with Crippen molar-refractivity contribution in [3.8, 4) is 11.1 Å². The molecule has 24 heavy (non-hydrogen) atoms. The van der Waals surface area contributed by atoms with Gasteiger partial charge in [0.2, 0.25) is 0 Å². The van der Waals surface area contributed by atoms with E-state index in [-0.39, 0.29) is 5.91 Å². The maximum Gasteiger partial charge on any atom is 0.256 e. The molecule has 0 unspecified atom stereocenters. The van der Waals surface area contributed by atoms with Crippen molar-refractivity contribution in [3.63, 3.8) is 0 Å². The van der Waals surface area contributed by atoms with Crippen molar-refractivity contribution in [3.05, 3.63) is 84.4 Å². The Kier molecular flexibility index (Phi) is 5.34. The average molecular weight is 333 g/mol. The molecule has 0 aromatic heterocycles. The summed E-state index contributed by atoms with van der Waals surface area (Å²) >= 11 is 1.68. The van der Waals surface area contributed by atoms with Crippen LogP contribution in [0.3, 0.4) is 0 Å². The van der Waals surface area contributed by atoms with Crippen LogP contribution in [-0.4, -0.2) is 11.7 Å². The average Bonchev–Trinajstić information content (AvgIpc) is 2.64. The normalized spacial score (nSPS) is 10.4. The molecule has 0 radical (unpaired) electrons. The Morgan fingerprint density at radius 3 is 2.17 bits per heavy atom. The molecular weight excluding hydrogens is 314 g/mol. The minimum atomic E-state index is -0.0704. The first-order chi connectivity index (χ1) is 11.8. The molecule has 0 atom stereocenters. The number of anilines is 1. The van der Waals surface area contributed by atoms with Gasteiger partial charge < -0.3 is 5.32 Å². The molecule has 0 heterocycles. The molecule has 1 N–H and O–H groups in total. The van der Waals surface area contributed by atoms with Crippen molar-refractivity contribution in [2.24, 2.45) is 0 Å². The smallest absolute Gasteiger partial charge is 0.256 e. The number of rotatable bonds is 5. The van der Waals surface area contributed by atoms with E-state index in [0.717, 1.165) is 27.5 Å². The fourth-order valence-corrected chi connectivity index (χ4v) is 3.31. The largest absolute Gasteiger partial charge is 0.322 e. The molecule has 2 nitrogen and oxygen atoms in total. The van der Waals surface area contributed by atoms with Gasteiger partial charge in [-0.25, -0.2) is 0 Å². The van der Waals surface area contributed by atoms with Gasteiger partial charge in [-0.3, -0.25) is 4.79 Å². The van der Waals surface area contributed by atoms with Gasteiger partial charge in [0.15, 0.2) is 0 Å². The van der Waals surface area contributed by atoms with Crippen LogP contribution < -0.4 is 5.32 Å². The molecule has 3 heteroatoms. The molecule has 1 amide bonds. The summed E-state index contributed by atoms with van der Waals surface area (Å²) in [5.41, 5.74) is 3.82. The molecule has 0 aliphatic heterocycles. The van der Waals surface area contributed by atoms with Gasteiger partial charge in [-0.1, -0.05) is 61.5 Å². The Labute approximate surface area is 146 Å². The van der Waals surface area contributed by atoms with Crippen LogP contribution >= 0.6 is 11.8 Å². The van der Waals surface area contributed by atoms with Crippen LogP contribution in [0, 0.1) is 0 Å². The first kappa shape index (κ1) is 16.3. The number of benzene rings is 3. The minimum Gasteiger partial charge on any atom is -0.322 e. The third-order valence-corrected chi connectivity index (χ3v) is 4.64. The van der Waals surface area contributed by atoms with Crippen molar-refractivity contribution >= 4 is 23.4 Å². The van der Waals surface area contributed by atoms with Gasteiger partial charge in [-0.05, 0) is 41.1 Å². The van der Waals surface area contributed by atoms with Gasteiger partial charge in [-0.2, -0.15) is 0 Å². The van der Waals surface area contributed by atoms with Crippen LogP contribution in [0.15, 0.2) is 83.8 Å². The molecule has 3 aromatic rings. The van der Waals surface area contributed by atoms with Crippen LogP contribution in [0.2, 0.25) is 0 Å². The summed E-state index contributed by atoms with van der Waals surface area (Å²) < 4.78 is 0. The number of hydrogen-bond acceptors (Lipinski definition) is 2. The van der Waals surface area contributed by atoms with E-state index in [4.69, 9.17) is 0 Å². The highest BCUT2D eigenvalue weighted by Crippen LogP contribution is 2.24. The fraction of sp³-hybridized carbons (Fsp3) is 0.0952. The van der Waals surface area contributed by atoms with Crippen molar-refractivity contribution in [1.82, 2.24) is 0 Å². The Morgan fingerprint density at radius 2 is 1.46 bits per heavy atom. The first-order valence-electron chi connectivity index (χ1n) is 7.96. The predicted molar refractivity (Wildman–Crippen MR) is 103 cm³/mol. The molecule has 0 fully saturated rings. The summed E-state index contributed by atoms with van der Waals surface area (Å²) in [4.78, 5) is 13.6. The van der Waals surface area contributed by atoms with E-state index in [1.165, 1.54) is 5.56 Å². The van der Waals surface area contributed by atoms with Crippen molar-refractivity contribution in [2.75, 3.05) is 11.1 Å². The highest BCUT2D eigenvalue weighted by Gasteiger charge is 2.11. The Bertz CT molecular complexity index is 813. The van der Waals surface area contributed by atoms with Gasteiger partial charge in [0.05, 0.1) is 5.56 Å². The molecule has 0 spiro atoms. The van der Waals surface area contributed by atoms with E-state index in [1.807, 2.05) is 66.7 Å². The Morgan fingerprint density at radius 1 is 0.833 bits per heavy atom. The van der Waals surface area contributed by atoms with Gasteiger partial charge in [-0.15, -0.1) is 11.8 Å². The molecule has 0 saturated carbocycles. The summed E-state index contributed by atoms with van der Waals surface area (Å²) in [6, 6.07) is 25.8. The van der Waals surface area contributed by atoms with E-state index in [1.54, 1.807) is 11.8 Å². The van der Waals surface area contributed by atoms with Crippen LogP contribution in [-0.2, 0) is 0 Å². The second-order valence-electron chi connectivity index (χ2n) is 5.33. The Hall–Kier alpha value is -2.52. The predicted octanol–water partition coefficient (Wildman–Crippen LogP) is 5.72. The molecular formula is C21H19NOS. The zero-order valence-corrected chi connectivity index (χ0v) is 14.3. The number of nitrogens with one attached hydrogen (secondary N) is 1. The van der Waals surface area contributed by atoms with E-state index in [2.05, 4.69) is 24.4 Å². The highest BCUT2D eigenvalue weighted by atomic mass is 32.2. The second kappa shape index (κ2) is 7.84. The van der Waals surface area contributed by atoms with Crippen LogP contribution in [0.5, 0.6) is 0 Å². The minimum absolute atomic E-state index is 0.0704. The maximum atomic E-state index is 12.5.